The summed E-state index contributed by atoms with van der Waals surface area (Å²) in [4.78, 5) is 14.1. The number of morpholine rings is 1. The van der Waals surface area contributed by atoms with Crippen LogP contribution in [0.4, 0.5) is 0 Å². The third kappa shape index (κ3) is 2.95. The van der Waals surface area contributed by atoms with Crippen LogP contribution in [0.2, 0.25) is 0 Å². The van der Waals surface area contributed by atoms with Crippen molar-refractivity contribution in [2.75, 3.05) is 13.2 Å². The van der Waals surface area contributed by atoms with Crippen molar-refractivity contribution in [3.63, 3.8) is 0 Å². The summed E-state index contributed by atoms with van der Waals surface area (Å²) < 4.78 is 5.50. The molecule has 0 saturated carbocycles. The first-order chi connectivity index (χ1) is 7.23. The predicted octanol–water partition coefficient (Wildman–Crippen LogP) is 0.996. The Morgan fingerprint density at radius 3 is 2.50 bits per heavy atom. The normalized spacial score (nSPS) is 29.0. The van der Waals surface area contributed by atoms with Crippen LogP contribution in [0.3, 0.4) is 0 Å². The Labute approximate surface area is 98.1 Å². The van der Waals surface area contributed by atoms with E-state index in [4.69, 9.17) is 10.5 Å². The highest BCUT2D eigenvalue weighted by molar-refractivity contribution is 5.82. The molecule has 3 atom stereocenters. The predicted molar refractivity (Wildman–Crippen MR) is 64.0 cm³/mol. The third-order valence-electron chi connectivity index (χ3n) is 3.09. The van der Waals surface area contributed by atoms with Crippen LogP contribution < -0.4 is 5.73 Å². The molecule has 0 aromatic heterocycles. The van der Waals surface area contributed by atoms with Gasteiger partial charge >= 0.3 is 0 Å². The lowest BCUT2D eigenvalue weighted by Gasteiger charge is -2.40. The van der Waals surface area contributed by atoms with Crippen molar-refractivity contribution in [3.8, 4) is 0 Å². The Morgan fingerprint density at radius 1 is 1.44 bits per heavy atom. The molecule has 1 rings (SSSR count). The van der Waals surface area contributed by atoms with Gasteiger partial charge in [0.05, 0.1) is 24.8 Å². The molecule has 4 nitrogen and oxygen atoms in total. The fourth-order valence-electron chi connectivity index (χ4n) is 1.76. The lowest BCUT2D eigenvalue weighted by atomic mass is 9.86. The Balaban J connectivity index is 2.72. The van der Waals surface area contributed by atoms with E-state index in [0.29, 0.717) is 13.2 Å². The van der Waals surface area contributed by atoms with Crippen LogP contribution in [0.25, 0.3) is 0 Å². The molecular formula is C12H24N2O2. The number of carbonyl (C=O) groups is 1. The summed E-state index contributed by atoms with van der Waals surface area (Å²) in [5.74, 6) is 0.0372. The summed E-state index contributed by atoms with van der Waals surface area (Å²) in [6.45, 7) is 11.2. The molecule has 2 unspecified atom stereocenters. The zero-order valence-electron chi connectivity index (χ0n) is 11.0. The lowest BCUT2D eigenvalue weighted by molar-refractivity contribution is -0.146. The van der Waals surface area contributed by atoms with Gasteiger partial charge in [0, 0.05) is 6.54 Å². The second-order valence-electron chi connectivity index (χ2n) is 5.83. The van der Waals surface area contributed by atoms with Crippen molar-refractivity contribution in [1.29, 1.82) is 0 Å². The minimum absolute atomic E-state index is 0.0372. The minimum Gasteiger partial charge on any atom is -0.375 e. The molecule has 1 amide bonds. The first-order valence-corrected chi connectivity index (χ1v) is 5.91. The number of hydrogen-bond acceptors (Lipinski definition) is 3. The Kier molecular flexibility index (Phi) is 3.97. The maximum Gasteiger partial charge on any atom is 0.240 e. The SMILES string of the molecule is CC1CN(C(=O)[C@H](N)C(C)(C)C)C(C)CO1. The second kappa shape index (κ2) is 4.72. The fourth-order valence-corrected chi connectivity index (χ4v) is 1.76. The molecule has 0 spiro atoms. The summed E-state index contributed by atoms with van der Waals surface area (Å²) in [5.41, 5.74) is 5.80. The van der Waals surface area contributed by atoms with Crippen LogP contribution in [0.15, 0.2) is 0 Å². The summed E-state index contributed by atoms with van der Waals surface area (Å²) in [7, 11) is 0. The van der Waals surface area contributed by atoms with E-state index in [9.17, 15) is 4.79 Å². The van der Waals surface area contributed by atoms with Crippen LogP contribution in [0.1, 0.15) is 34.6 Å². The molecular weight excluding hydrogens is 204 g/mol. The van der Waals surface area contributed by atoms with E-state index in [1.807, 2.05) is 39.5 Å². The van der Waals surface area contributed by atoms with E-state index >= 15 is 0 Å². The topological polar surface area (TPSA) is 55.6 Å². The number of nitrogens with zero attached hydrogens (tertiary/aromatic N) is 1. The number of nitrogens with two attached hydrogens (primary N) is 1. The highest BCUT2D eigenvalue weighted by Crippen LogP contribution is 2.21. The first kappa shape index (κ1) is 13.5. The highest BCUT2D eigenvalue weighted by Gasteiger charge is 2.35. The van der Waals surface area contributed by atoms with Crippen LogP contribution >= 0.6 is 0 Å². The zero-order valence-corrected chi connectivity index (χ0v) is 11.0. The number of carbonyl (C=O) groups excluding carboxylic acids is 1. The molecule has 94 valence electrons. The van der Waals surface area contributed by atoms with Gasteiger partial charge in [0.15, 0.2) is 0 Å². The number of ether oxygens (including phenoxy) is 1. The average molecular weight is 228 g/mol. The van der Waals surface area contributed by atoms with Gasteiger partial charge in [0.25, 0.3) is 0 Å². The summed E-state index contributed by atoms with van der Waals surface area (Å²) in [6.07, 6.45) is 0.104. The van der Waals surface area contributed by atoms with Crippen molar-refractivity contribution < 1.29 is 9.53 Å². The monoisotopic (exact) mass is 228 g/mol. The van der Waals surface area contributed by atoms with E-state index in [2.05, 4.69) is 0 Å². The molecule has 2 N–H and O–H groups in total. The molecule has 1 saturated heterocycles. The average Bonchev–Trinajstić information content (AvgIpc) is 2.18. The first-order valence-electron chi connectivity index (χ1n) is 5.91. The van der Waals surface area contributed by atoms with Crippen LogP contribution in [0.5, 0.6) is 0 Å². The quantitative estimate of drug-likeness (QED) is 0.728. The van der Waals surface area contributed by atoms with Gasteiger partial charge in [0.1, 0.15) is 0 Å². The van der Waals surface area contributed by atoms with Gasteiger partial charge < -0.3 is 15.4 Å². The van der Waals surface area contributed by atoms with Gasteiger partial charge in [-0.25, -0.2) is 0 Å². The van der Waals surface area contributed by atoms with Gasteiger partial charge in [0.2, 0.25) is 5.91 Å². The van der Waals surface area contributed by atoms with Crippen LogP contribution in [-0.2, 0) is 9.53 Å². The second-order valence-corrected chi connectivity index (χ2v) is 5.83. The molecule has 1 fully saturated rings. The fraction of sp³-hybridized carbons (Fsp3) is 0.917. The molecule has 1 heterocycles. The van der Waals surface area contributed by atoms with E-state index in [-0.39, 0.29) is 23.5 Å². The zero-order chi connectivity index (χ0) is 12.5. The lowest BCUT2D eigenvalue weighted by Crippen LogP contribution is -2.57. The highest BCUT2D eigenvalue weighted by atomic mass is 16.5. The summed E-state index contributed by atoms with van der Waals surface area (Å²) >= 11 is 0. The van der Waals surface area contributed by atoms with Crippen molar-refractivity contribution in [2.45, 2.75) is 52.8 Å². The van der Waals surface area contributed by atoms with E-state index in [0.717, 1.165) is 0 Å². The smallest absolute Gasteiger partial charge is 0.240 e. The summed E-state index contributed by atoms with van der Waals surface area (Å²) in [5, 5.41) is 0. The van der Waals surface area contributed by atoms with E-state index in [1.165, 1.54) is 0 Å². The minimum atomic E-state index is -0.444. The molecule has 0 aromatic rings. The largest absolute Gasteiger partial charge is 0.375 e. The number of rotatable bonds is 1. The van der Waals surface area contributed by atoms with Crippen molar-refractivity contribution in [1.82, 2.24) is 4.90 Å². The molecule has 1 aliphatic rings. The molecule has 0 radical (unpaired) electrons. The molecule has 4 heteroatoms. The Bertz CT molecular complexity index is 260. The molecule has 0 aromatic carbocycles. The molecule has 1 aliphatic heterocycles. The van der Waals surface area contributed by atoms with Crippen molar-refractivity contribution in [3.05, 3.63) is 0 Å². The van der Waals surface area contributed by atoms with Crippen LogP contribution in [0, 0.1) is 5.41 Å². The maximum atomic E-state index is 12.2. The van der Waals surface area contributed by atoms with E-state index in [1.54, 1.807) is 0 Å². The molecule has 0 aliphatic carbocycles. The Morgan fingerprint density at radius 2 is 2.00 bits per heavy atom. The van der Waals surface area contributed by atoms with E-state index < -0.39 is 6.04 Å². The number of amides is 1. The number of hydrogen-bond donors (Lipinski definition) is 1. The van der Waals surface area contributed by atoms with Gasteiger partial charge in [-0.15, -0.1) is 0 Å². The summed E-state index contributed by atoms with van der Waals surface area (Å²) in [6, 6.07) is -0.322. The van der Waals surface area contributed by atoms with Crippen molar-refractivity contribution in [2.24, 2.45) is 11.1 Å². The van der Waals surface area contributed by atoms with Gasteiger partial charge in [-0.1, -0.05) is 20.8 Å². The van der Waals surface area contributed by atoms with Crippen LogP contribution in [-0.4, -0.2) is 42.1 Å². The van der Waals surface area contributed by atoms with Gasteiger partial charge in [-0.05, 0) is 19.3 Å². The van der Waals surface area contributed by atoms with Gasteiger partial charge in [-0.3, -0.25) is 4.79 Å². The van der Waals surface area contributed by atoms with Gasteiger partial charge in [-0.2, -0.15) is 0 Å². The molecule has 16 heavy (non-hydrogen) atoms. The molecule has 0 bridgehead atoms. The standard InChI is InChI=1S/C12H24N2O2/c1-8-7-16-9(2)6-14(8)11(15)10(13)12(3,4)5/h8-10H,6-7,13H2,1-5H3/t8?,9?,10-/m0/s1. The van der Waals surface area contributed by atoms with Crippen molar-refractivity contribution >= 4 is 5.91 Å². The Hall–Kier alpha value is -0.610. The third-order valence-corrected chi connectivity index (χ3v) is 3.09. The maximum absolute atomic E-state index is 12.2.